The Bertz CT molecular complexity index is 666. The van der Waals surface area contributed by atoms with Crippen LogP contribution in [0.5, 0.6) is 0 Å². The third-order valence-electron chi connectivity index (χ3n) is 4.29. The van der Waals surface area contributed by atoms with E-state index in [0.29, 0.717) is 32.0 Å². The molecule has 1 atom stereocenters. The maximum atomic E-state index is 12.8. The number of nitrogens with zero attached hydrogens (tertiary/aromatic N) is 2. The fourth-order valence-electron chi connectivity index (χ4n) is 2.96. The first-order chi connectivity index (χ1) is 11.2. The smallest absolute Gasteiger partial charge is 0.270 e. The highest BCUT2D eigenvalue weighted by Gasteiger charge is 2.25. The molecule has 1 amide bonds. The van der Waals surface area contributed by atoms with Crippen molar-refractivity contribution in [1.29, 1.82) is 0 Å². The van der Waals surface area contributed by atoms with Crippen LogP contribution in [0.1, 0.15) is 10.5 Å². The molecule has 1 saturated heterocycles. The minimum atomic E-state index is -0.0182. The van der Waals surface area contributed by atoms with Crippen molar-refractivity contribution in [2.75, 3.05) is 32.9 Å². The Labute approximate surface area is 136 Å². The summed E-state index contributed by atoms with van der Waals surface area (Å²) in [5.41, 5.74) is 2.75. The lowest BCUT2D eigenvalue weighted by molar-refractivity contribution is 0.0719. The molecular weight excluding hydrogens is 292 g/mol. The van der Waals surface area contributed by atoms with Crippen molar-refractivity contribution >= 4 is 5.91 Å². The number of hydrogen-bond acceptors (Lipinski definition) is 3. The molecule has 1 fully saturated rings. The number of carbonyl (C=O) groups excluding carboxylic acids is 1. The molecule has 0 aliphatic carbocycles. The maximum Gasteiger partial charge on any atom is 0.270 e. The highest BCUT2D eigenvalue weighted by Crippen LogP contribution is 2.22. The number of aromatic nitrogens is 1. The third kappa shape index (κ3) is 3.30. The van der Waals surface area contributed by atoms with E-state index < -0.39 is 0 Å². The average molecular weight is 314 g/mol. The van der Waals surface area contributed by atoms with Gasteiger partial charge in [-0.2, -0.15) is 0 Å². The monoisotopic (exact) mass is 314 g/mol. The lowest BCUT2D eigenvalue weighted by Gasteiger charge is -2.23. The molecule has 5 heteroatoms. The van der Waals surface area contributed by atoms with E-state index in [9.17, 15) is 9.90 Å². The lowest BCUT2D eigenvalue weighted by atomic mass is 10.1. The van der Waals surface area contributed by atoms with Crippen LogP contribution in [0.4, 0.5) is 0 Å². The quantitative estimate of drug-likeness (QED) is 0.939. The van der Waals surface area contributed by atoms with Gasteiger partial charge in [-0.15, -0.1) is 0 Å². The average Bonchev–Trinajstić information content (AvgIpc) is 2.82. The van der Waals surface area contributed by atoms with Gasteiger partial charge < -0.3 is 19.3 Å². The Morgan fingerprint density at radius 3 is 2.78 bits per heavy atom. The third-order valence-corrected chi connectivity index (χ3v) is 4.29. The highest BCUT2D eigenvalue weighted by molar-refractivity contribution is 5.94. The largest absolute Gasteiger partial charge is 0.396 e. The van der Waals surface area contributed by atoms with Crippen molar-refractivity contribution < 1.29 is 14.6 Å². The molecule has 2 heterocycles. The first kappa shape index (κ1) is 15.8. The van der Waals surface area contributed by atoms with Gasteiger partial charge in [0.25, 0.3) is 5.91 Å². The fourth-order valence-corrected chi connectivity index (χ4v) is 2.96. The van der Waals surface area contributed by atoms with Gasteiger partial charge in [0, 0.05) is 38.4 Å². The van der Waals surface area contributed by atoms with Gasteiger partial charge in [0.05, 0.1) is 13.2 Å². The number of aliphatic hydroxyl groups excluding tert-OH is 1. The second kappa shape index (κ2) is 6.98. The second-order valence-corrected chi connectivity index (χ2v) is 5.90. The van der Waals surface area contributed by atoms with E-state index >= 15 is 0 Å². The molecule has 0 radical (unpaired) electrons. The van der Waals surface area contributed by atoms with Gasteiger partial charge in [-0.25, -0.2) is 0 Å². The standard InChI is InChI=1S/C18H22N2O3/c1-19-16(15-5-3-2-4-6-15)7-8-17(19)18(22)20-9-10-23-13-14(11-20)12-21/h2-8,14,21H,9-13H2,1H3/t14-/m0/s1. The molecule has 1 aliphatic rings. The summed E-state index contributed by atoms with van der Waals surface area (Å²) < 4.78 is 7.39. The van der Waals surface area contributed by atoms with Gasteiger partial charge in [-0.05, 0) is 17.7 Å². The molecule has 0 bridgehead atoms. The summed E-state index contributed by atoms with van der Waals surface area (Å²) in [5.74, 6) is -0.0334. The molecule has 1 aliphatic heterocycles. The van der Waals surface area contributed by atoms with Gasteiger partial charge in [0.15, 0.2) is 0 Å². The van der Waals surface area contributed by atoms with E-state index in [1.165, 1.54) is 0 Å². The van der Waals surface area contributed by atoms with Crippen LogP contribution in [0.25, 0.3) is 11.3 Å². The molecule has 0 spiro atoms. The van der Waals surface area contributed by atoms with Crippen LogP contribution in [0.2, 0.25) is 0 Å². The zero-order valence-electron chi connectivity index (χ0n) is 13.3. The maximum absolute atomic E-state index is 12.8. The fraction of sp³-hybridized carbons (Fsp3) is 0.389. The number of aliphatic hydroxyl groups is 1. The van der Waals surface area contributed by atoms with Crippen LogP contribution in [0.15, 0.2) is 42.5 Å². The molecule has 1 N–H and O–H groups in total. The Morgan fingerprint density at radius 2 is 2.04 bits per heavy atom. The summed E-state index contributed by atoms with van der Waals surface area (Å²) in [6.45, 7) is 2.13. The summed E-state index contributed by atoms with van der Waals surface area (Å²) >= 11 is 0. The molecule has 5 nitrogen and oxygen atoms in total. The molecule has 122 valence electrons. The first-order valence-corrected chi connectivity index (χ1v) is 7.89. The zero-order chi connectivity index (χ0) is 16.2. The molecule has 1 aromatic carbocycles. The van der Waals surface area contributed by atoms with Crippen molar-refractivity contribution in [3.05, 3.63) is 48.2 Å². The summed E-state index contributed by atoms with van der Waals surface area (Å²) in [4.78, 5) is 14.6. The topological polar surface area (TPSA) is 54.7 Å². The van der Waals surface area contributed by atoms with Crippen molar-refractivity contribution in [3.8, 4) is 11.3 Å². The molecule has 0 saturated carbocycles. The summed E-state index contributed by atoms with van der Waals surface area (Å²) in [7, 11) is 1.91. The van der Waals surface area contributed by atoms with Crippen LogP contribution in [-0.2, 0) is 11.8 Å². The Kier molecular flexibility index (Phi) is 4.79. The predicted octanol–water partition coefficient (Wildman–Crippen LogP) is 1.77. The van der Waals surface area contributed by atoms with Gasteiger partial charge >= 0.3 is 0 Å². The number of amides is 1. The van der Waals surface area contributed by atoms with Crippen molar-refractivity contribution in [2.24, 2.45) is 13.0 Å². The first-order valence-electron chi connectivity index (χ1n) is 7.89. The van der Waals surface area contributed by atoms with Crippen molar-refractivity contribution in [1.82, 2.24) is 9.47 Å². The van der Waals surface area contributed by atoms with Gasteiger partial charge in [-0.1, -0.05) is 30.3 Å². The molecule has 1 aromatic heterocycles. The van der Waals surface area contributed by atoms with Crippen molar-refractivity contribution in [3.63, 3.8) is 0 Å². The molecule has 3 rings (SSSR count). The van der Waals surface area contributed by atoms with Gasteiger partial charge in [-0.3, -0.25) is 4.79 Å². The van der Waals surface area contributed by atoms with E-state index in [0.717, 1.165) is 11.3 Å². The molecule has 2 aromatic rings. The number of rotatable bonds is 3. The Balaban J connectivity index is 1.84. The second-order valence-electron chi connectivity index (χ2n) is 5.90. The van der Waals surface area contributed by atoms with Crippen LogP contribution in [0, 0.1) is 5.92 Å². The van der Waals surface area contributed by atoms with E-state index in [1.54, 1.807) is 4.90 Å². The molecule has 23 heavy (non-hydrogen) atoms. The SMILES string of the molecule is Cn1c(C(=O)N2CCOC[C@H](CO)C2)ccc1-c1ccccc1. The van der Waals surface area contributed by atoms with E-state index in [1.807, 2.05) is 54.1 Å². The molecule has 0 unspecified atom stereocenters. The molecular formula is C18H22N2O3. The Morgan fingerprint density at radius 1 is 1.26 bits per heavy atom. The zero-order valence-corrected chi connectivity index (χ0v) is 13.3. The minimum absolute atomic E-state index is 0.0152. The van der Waals surface area contributed by atoms with Crippen LogP contribution in [0.3, 0.4) is 0 Å². The van der Waals surface area contributed by atoms with Crippen LogP contribution < -0.4 is 0 Å². The summed E-state index contributed by atoms with van der Waals surface area (Å²) in [6, 6.07) is 13.9. The number of ether oxygens (including phenoxy) is 1. The predicted molar refractivity (Wildman–Crippen MR) is 88.1 cm³/mol. The van der Waals surface area contributed by atoms with Crippen LogP contribution >= 0.6 is 0 Å². The van der Waals surface area contributed by atoms with E-state index in [2.05, 4.69) is 0 Å². The van der Waals surface area contributed by atoms with Crippen LogP contribution in [-0.4, -0.2) is 53.4 Å². The number of hydrogen-bond donors (Lipinski definition) is 1. The summed E-state index contributed by atoms with van der Waals surface area (Å²) in [6.07, 6.45) is 0. The minimum Gasteiger partial charge on any atom is -0.396 e. The van der Waals surface area contributed by atoms with E-state index in [4.69, 9.17) is 4.74 Å². The summed E-state index contributed by atoms with van der Waals surface area (Å²) in [5, 5.41) is 9.37. The highest BCUT2D eigenvalue weighted by atomic mass is 16.5. The van der Waals surface area contributed by atoms with Gasteiger partial charge in [0.1, 0.15) is 5.69 Å². The number of carbonyl (C=O) groups is 1. The number of benzene rings is 1. The van der Waals surface area contributed by atoms with E-state index in [-0.39, 0.29) is 18.4 Å². The van der Waals surface area contributed by atoms with Gasteiger partial charge in [0.2, 0.25) is 0 Å². The Hall–Kier alpha value is -2.11. The lowest BCUT2D eigenvalue weighted by Crippen LogP contribution is -2.37. The van der Waals surface area contributed by atoms with Crippen molar-refractivity contribution in [2.45, 2.75) is 0 Å². The normalized spacial score (nSPS) is 18.7.